The van der Waals surface area contributed by atoms with E-state index in [2.05, 4.69) is 13.8 Å². The number of rotatable bonds is 5. The number of phenolic OH excluding ortho intramolecular Hbond substituents is 1. The third-order valence-corrected chi connectivity index (χ3v) is 2.79. The van der Waals surface area contributed by atoms with Crippen LogP contribution in [-0.2, 0) is 9.47 Å². The summed E-state index contributed by atoms with van der Waals surface area (Å²) in [5.41, 5.74) is 0.717. The van der Waals surface area contributed by atoms with Crippen LogP contribution in [0.5, 0.6) is 5.75 Å². The minimum Gasteiger partial charge on any atom is -0.508 e. The molecule has 0 saturated carbocycles. The van der Waals surface area contributed by atoms with Gasteiger partial charge in [0.05, 0.1) is 13.2 Å². The minimum atomic E-state index is -0.371. The molecule has 19 heavy (non-hydrogen) atoms. The number of hydrogen-bond acceptors (Lipinski definition) is 4. The third kappa shape index (κ3) is 3.61. The number of nitrogens with zero attached hydrogens (tertiary/aromatic N) is 1. The second kappa shape index (κ2) is 5.93. The standard InChI is InChI=1S/C14H19NO4/c1-10(2)8-18-9-13-7-15(14(17)19-13)11-3-5-12(16)6-4-11/h3-6,10,13,16H,7-9H2,1-2H3. The fourth-order valence-electron chi connectivity index (χ4n) is 1.89. The highest BCUT2D eigenvalue weighted by atomic mass is 16.6. The Bertz CT molecular complexity index is 430. The van der Waals surface area contributed by atoms with Crippen LogP contribution in [0, 0.1) is 5.92 Å². The van der Waals surface area contributed by atoms with Gasteiger partial charge >= 0.3 is 6.09 Å². The minimum absolute atomic E-state index is 0.174. The number of carbonyl (C=O) groups is 1. The summed E-state index contributed by atoms with van der Waals surface area (Å²) in [6.45, 7) is 5.69. The van der Waals surface area contributed by atoms with Crippen molar-refractivity contribution in [2.75, 3.05) is 24.7 Å². The van der Waals surface area contributed by atoms with Gasteiger partial charge in [-0.1, -0.05) is 13.8 Å². The summed E-state index contributed by atoms with van der Waals surface area (Å²) in [5.74, 6) is 0.637. The van der Waals surface area contributed by atoms with Gasteiger partial charge < -0.3 is 14.6 Å². The van der Waals surface area contributed by atoms with Crippen LogP contribution in [-0.4, -0.2) is 37.1 Å². The zero-order chi connectivity index (χ0) is 13.8. The maximum absolute atomic E-state index is 11.8. The van der Waals surface area contributed by atoms with E-state index in [0.717, 1.165) is 0 Å². The fourth-order valence-corrected chi connectivity index (χ4v) is 1.89. The Balaban J connectivity index is 1.90. The van der Waals surface area contributed by atoms with Crippen molar-refractivity contribution in [1.82, 2.24) is 0 Å². The lowest BCUT2D eigenvalue weighted by atomic mass is 10.2. The number of amides is 1. The van der Waals surface area contributed by atoms with Crippen LogP contribution < -0.4 is 4.90 Å². The second-order valence-corrected chi connectivity index (χ2v) is 5.06. The van der Waals surface area contributed by atoms with Gasteiger partial charge in [-0.2, -0.15) is 0 Å². The molecule has 1 atom stereocenters. The van der Waals surface area contributed by atoms with Gasteiger partial charge in [-0.05, 0) is 30.2 Å². The molecule has 0 aliphatic carbocycles. The van der Waals surface area contributed by atoms with Gasteiger partial charge in [-0.3, -0.25) is 4.90 Å². The number of benzene rings is 1. The topological polar surface area (TPSA) is 59.0 Å². The molecule has 5 heteroatoms. The lowest BCUT2D eigenvalue weighted by Gasteiger charge is -2.13. The van der Waals surface area contributed by atoms with Crippen molar-refractivity contribution in [2.45, 2.75) is 20.0 Å². The Morgan fingerprint density at radius 3 is 2.74 bits per heavy atom. The Morgan fingerprint density at radius 2 is 2.11 bits per heavy atom. The van der Waals surface area contributed by atoms with Crippen molar-refractivity contribution < 1.29 is 19.4 Å². The van der Waals surface area contributed by atoms with E-state index in [0.29, 0.717) is 31.4 Å². The molecule has 104 valence electrons. The molecule has 1 heterocycles. The molecule has 5 nitrogen and oxygen atoms in total. The molecule has 1 aromatic rings. The van der Waals surface area contributed by atoms with Gasteiger partial charge in [-0.15, -0.1) is 0 Å². The average molecular weight is 265 g/mol. The van der Waals surface area contributed by atoms with E-state index in [9.17, 15) is 9.90 Å². The summed E-state index contributed by atoms with van der Waals surface area (Å²) < 4.78 is 10.7. The molecule has 0 radical (unpaired) electrons. The van der Waals surface area contributed by atoms with Crippen LogP contribution in [0.15, 0.2) is 24.3 Å². The third-order valence-electron chi connectivity index (χ3n) is 2.79. The quantitative estimate of drug-likeness (QED) is 0.888. The van der Waals surface area contributed by atoms with E-state index in [1.54, 1.807) is 29.2 Å². The molecular weight excluding hydrogens is 246 g/mol. The first-order valence-corrected chi connectivity index (χ1v) is 6.41. The smallest absolute Gasteiger partial charge is 0.414 e. The summed E-state index contributed by atoms with van der Waals surface area (Å²) in [7, 11) is 0. The van der Waals surface area contributed by atoms with E-state index >= 15 is 0 Å². The number of carbonyl (C=O) groups excluding carboxylic acids is 1. The Kier molecular flexibility index (Phi) is 4.27. The van der Waals surface area contributed by atoms with E-state index in [4.69, 9.17) is 9.47 Å². The van der Waals surface area contributed by atoms with Gasteiger partial charge in [0.25, 0.3) is 0 Å². The Labute approximate surface area is 112 Å². The first-order chi connectivity index (χ1) is 9.06. The van der Waals surface area contributed by atoms with Crippen LogP contribution in [0.2, 0.25) is 0 Å². The predicted molar refractivity (Wildman–Crippen MR) is 71.4 cm³/mol. The first kappa shape index (κ1) is 13.7. The van der Waals surface area contributed by atoms with Crippen molar-refractivity contribution in [3.05, 3.63) is 24.3 Å². The van der Waals surface area contributed by atoms with Crippen LogP contribution >= 0.6 is 0 Å². The number of anilines is 1. The van der Waals surface area contributed by atoms with Crippen molar-refractivity contribution in [2.24, 2.45) is 5.92 Å². The summed E-state index contributed by atoms with van der Waals surface area (Å²) in [5, 5.41) is 9.23. The largest absolute Gasteiger partial charge is 0.508 e. The molecule has 0 bridgehead atoms. The lowest BCUT2D eigenvalue weighted by molar-refractivity contribution is 0.0351. The molecule has 1 aliphatic heterocycles. The molecule has 0 spiro atoms. The monoisotopic (exact) mass is 265 g/mol. The Morgan fingerprint density at radius 1 is 1.42 bits per heavy atom. The maximum Gasteiger partial charge on any atom is 0.414 e. The molecular formula is C14H19NO4. The number of hydrogen-bond donors (Lipinski definition) is 1. The molecule has 1 unspecified atom stereocenters. The van der Waals surface area contributed by atoms with E-state index < -0.39 is 0 Å². The SMILES string of the molecule is CC(C)COCC1CN(c2ccc(O)cc2)C(=O)O1. The highest BCUT2D eigenvalue weighted by Gasteiger charge is 2.32. The van der Waals surface area contributed by atoms with Crippen LogP contribution in [0.1, 0.15) is 13.8 Å². The van der Waals surface area contributed by atoms with Crippen molar-refractivity contribution in [3.8, 4) is 5.75 Å². The maximum atomic E-state index is 11.8. The van der Waals surface area contributed by atoms with E-state index in [-0.39, 0.29) is 17.9 Å². The lowest BCUT2D eigenvalue weighted by Crippen LogP contribution is -2.26. The number of ether oxygens (including phenoxy) is 2. The van der Waals surface area contributed by atoms with Crippen molar-refractivity contribution >= 4 is 11.8 Å². The molecule has 1 fully saturated rings. The molecule has 0 aromatic heterocycles. The second-order valence-electron chi connectivity index (χ2n) is 5.06. The normalized spacial score (nSPS) is 19.0. The highest BCUT2D eigenvalue weighted by Crippen LogP contribution is 2.23. The first-order valence-electron chi connectivity index (χ1n) is 6.41. The molecule has 1 aliphatic rings. The summed E-state index contributed by atoms with van der Waals surface area (Å²) in [6.07, 6.45) is -0.608. The number of cyclic esters (lactones) is 1. The van der Waals surface area contributed by atoms with Crippen molar-refractivity contribution in [1.29, 1.82) is 0 Å². The zero-order valence-corrected chi connectivity index (χ0v) is 11.2. The van der Waals surface area contributed by atoms with Crippen LogP contribution in [0.3, 0.4) is 0 Å². The fraction of sp³-hybridized carbons (Fsp3) is 0.500. The van der Waals surface area contributed by atoms with Crippen molar-refractivity contribution in [3.63, 3.8) is 0 Å². The molecule has 2 rings (SSSR count). The van der Waals surface area contributed by atoms with Crippen LogP contribution in [0.25, 0.3) is 0 Å². The summed E-state index contributed by atoms with van der Waals surface area (Å²) >= 11 is 0. The van der Waals surface area contributed by atoms with Gasteiger partial charge in [0, 0.05) is 12.3 Å². The number of phenols is 1. The van der Waals surface area contributed by atoms with E-state index in [1.165, 1.54) is 0 Å². The molecule has 1 saturated heterocycles. The number of aromatic hydroxyl groups is 1. The zero-order valence-electron chi connectivity index (χ0n) is 11.2. The summed E-state index contributed by atoms with van der Waals surface area (Å²) in [6, 6.07) is 6.47. The van der Waals surface area contributed by atoms with Gasteiger partial charge in [-0.25, -0.2) is 4.79 Å². The average Bonchev–Trinajstić information content (AvgIpc) is 2.71. The van der Waals surface area contributed by atoms with Gasteiger partial charge in [0.2, 0.25) is 0 Å². The highest BCUT2D eigenvalue weighted by molar-refractivity contribution is 5.89. The summed E-state index contributed by atoms with van der Waals surface area (Å²) in [4.78, 5) is 13.3. The van der Waals surface area contributed by atoms with Crippen LogP contribution in [0.4, 0.5) is 10.5 Å². The van der Waals surface area contributed by atoms with E-state index in [1.807, 2.05) is 0 Å². The predicted octanol–water partition coefficient (Wildman–Crippen LogP) is 2.39. The van der Waals surface area contributed by atoms with Gasteiger partial charge in [0.15, 0.2) is 0 Å². The molecule has 1 N–H and O–H groups in total. The van der Waals surface area contributed by atoms with Gasteiger partial charge in [0.1, 0.15) is 11.9 Å². The Hall–Kier alpha value is -1.75. The molecule has 1 amide bonds. The molecule has 1 aromatic carbocycles.